The number of benzene rings is 1. The summed E-state index contributed by atoms with van der Waals surface area (Å²) in [7, 11) is 1.97. The quantitative estimate of drug-likeness (QED) is 0.751. The van der Waals surface area contributed by atoms with E-state index in [-0.39, 0.29) is 11.7 Å². The molecule has 1 saturated carbocycles. The highest BCUT2D eigenvalue weighted by Crippen LogP contribution is 2.39. The van der Waals surface area contributed by atoms with Crippen molar-refractivity contribution in [1.29, 1.82) is 0 Å². The van der Waals surface area contributed by atoms with E-state index in [4.69, 9.17) is 0 Å². The maximum Gasteiger partial charge on any atom is 0.233 e. The minimum atomic E-state index is -0.229. The number of piperazine rings is 1. The number of carbonyl (C=O) groups excluding carboxylic acids is 1. The summed E-state index contributed by atoms with van der Waals surface area (Å²) >= 11 is 1.46. The lowest BCUT2D eigenvalue weighted by molar-refractivity contribution is -0.128. The Bertz CT molecular complexity index is 781. The Kier molecular flexibility index (Phi) is 4.84. The first-order valence-electron chi connectivity index (χ1n) is 8.92. The number of aromatic nitrogens is 3. The molecule has 1 aromatic heterocycles. The fraction of sp³-hybridized carbons (Fsp3) is 0.500. The van der Waals surface area contributed by atoms with E-state index in [9.17, 15) is 9.18 Å². The monoisotopic (exact) mass is 375 g/mol. The van der Waals surface area contributed by atoms with Gasteiger partial charge in [-0.05, 0) is 37.1 Å². The smallest absolute Gasteiger partial charge is 0.233 e. The van der Waals surface area contributed by atoms with E-state index in [1.54, 1.807) is 12.1 Å². The van der Waals surface area contributed by atoms with Gasteiger partial charge >= 0.3 is 0 Å². The van der Waals surface area contributed by atoms with E-state index in [1.165, 1.54) is 36.7 Å². The summed E-state index contributed by atoms with van der Waals surface area (Å²) in [5.74, 6) is 1.87. The van der Waals surface area contributed by atoms with E-state index in [2.05, 4.69) is 15.1 Å². The third-order valence-corrected chi connectivity index (χ3v) is 5.96. The molecule has 1 amide bonds. The third kappa shape index (κ3) is 3.70. The van der Waals surface area contributed by atoms with Crippen LogP contribution in [0.4, 0.5) is 10.1 Å². The van der Waals surface area contributed by atoms with Gasteiger partial charge in [-0.25, -0.2) is 4.39 Å². The minimum absolute atomic E-state index is 0.129. The molecule has 1 aromatic carbocycles. The van der Waals surface area contributed by atoms with Crippen LogP contribution in [0.3, 0.4) is 0 Å². The second-order valence-electron chi connectivity index (χ2n) is 6.81. The maximum atomic E-state index is 13.0. The van der Waals surface area contributed by atoms with Gasteiger partial charge in [0.25, 0.3) is 0 Å². The van der Waals surface area contributed by atoms with E-state index in [1.807, 2.05) is 16.5 Å². The second kappa shape index (κ2) is 7.26. The molecule has 26 heavy (non-hydrogen) atoms. The van der Waals surface area contributed by atoms with E-state index in [0.29, 0.717) is 24.8 Å². The average molecular weight is 375 g/mol. The highest BCUT2D eigenvalue weighted by Gasteiger charge is 2.29. The standard InChI is InChI=1S/C18H22FN5OS/c1-22-17(13-2-3-13)20-21-18(22)26-12-16(25)24-10-8-23(9-11-24)15-6-4-14(19)5-7-15/h4-7,13H,2-3,8-12H2,1H3. The van der Waals surface area contributed by atoms with Crippen LogP contribution in [0, 0.1) is 5.82 Å². The minimum Gasteiger partial charge on any atom is -0.368 e. The Balaban J connectivity index is 1.27. The Morgan fingerprint density at radius 1 is 1.15 bits per heavy atom. The predicted octanol–water partition coefficient (Wildman–Crippen LogP) is 2.27. The van der Waals surface area contributed by atoms with Crippen molar-refractivity contribution in [2.45, 2.75) is 23.9 Å². The number of hydrogen-bond acceptors (Lipinski definition) is 5. The zero-order chi connectivity index (χ0) is 18.1. The summed E-state index contributed by atoms with van der Waals surface area (Å²) in [6, 6.07) is 6.52. The van der Waals surface area contributed by atoms with Gasteiger partial charge in [0.05, 0.1) is 5.75 Å². The highest BCUT2D eigenvalue weighted by molar-refractivity contribution is 7.99. The number of anilines is 1. The van der Waals surface area contributed by atoms with Crippen LogP contribution in [0.5, 0.6) is 0 Å². The molecule has 0 unspecified atom stereocenters. The first-order valence-corrected chi connectivity index (χ1v) is 9.91. The molecule has 8 heteroatoms. The predicted molar refractivity (Wildman–Crippen MR) is 98.9 cm³/mol. The molecule has 0 radical (unpaired) electrons. The molecule has 0 atom stereocenters. The lowest BCUT2D eigenvalue weighted by Gasteiger charge is -2.36. The normalized spacial score (nSPS) is 17.6. The summed E-state index contributed by atoms with van der Waals surface area (Å²) in [5, 5.41) is 9.28. The van der Waals surface area contributed by atoms with Crippen LogP contribution in [-0.2, 0) is 11.8 Å². The van der Waals surface area contributed by atoms with Gasteiger partial charge in [-0.15, -0.1) is 10.2 Å². The molecule has 6 nitrogen and oxygen atoms in total. The van der Waals surface area contributed by atoms with Gasteiger partial charge in [0.2, 0.25) is 5.91 Å². The van der Waals surface area contributed by atoms with E-state index < -0.39 is 0 Å². The number of halogens is 1. The zero-order valence-corrected chi connectivity index (χ0v) is 15.6. The molecule has 2 aliphatic rings. The summed E-state index contributed by atoms with van der Waals surface area (Å²) in [4.78, 5) is 16.6. The highest BCUT2D eigenvalue weighted by atomic mass is 32.2. The molecule has 1 aliphatic carbocycles. The van der Waals surface area contributed by atoms with E-state index >= 15 is 0 Å². The number of amides is 1. The van der Waals surface area contributed by atoms with Crippen LogP contribution >= 0.6 is 11.8 Å². The lowest BCUT2D eigenvalue weighted by atomic mass is 10.2. The van der Waals surface area contributed by atoms with E-state index in [0.717, 1.165) is 29.8 Å². The Labute approximate surface area is 156 Å². The molecular weight excluding hydrogens is 353 g/mol. The molecular formula is C18H22FN5OS. The lowest BCUT2D eigenvalue weighted by Crippen LogP contribution is -2.49. The summed E-state index contributed by atoms with van der Waals surface area (Å²) in [6.07, 6.45) is 2.38. The first kappa shape index (κ1) is 17.3. The molecule has 138 valence electrons. The summed E-state index contributed by atoms with van der Waals surface area (Å²) < 4.78 is 15.1. The van der Waals surface area contributed by atoms with Crippen molar-refractivity contribution in [2.24, 2.45) is 7.05 Å². The van der Waals surface area contributed by atoms with Crippen LogP contribution in [0.15, 0.2) is 29.4 Å². The first-order chi connectivity index (χ1) is 12.6. The van der Waals surface area contributed by atoms with Gasteiger partial charge in [0.1, 0.15) is 11.6 Å². The molecule has 1 saturated heterocycles. The SMILES string of the molecule is Cn1c(SCC(=O)N2CCN(c3ccc(F)cc3)CC2)nnc1C1CC1. The van der Waals surface area contributed by atoms with Crippen molar-refractivity contribution in [3.63, 3.8) is 0 Å². The summed E-state index contributed by atoms with van der Waals surface area (Å²) in [6.45, 7) is 2.89. The molecule has 2 fully saturated rings. The number of carbonyl (C=O) groups is 1. The molecule has 0 spiro atoms. The van der Waals surface area contributed by atoms with Gasteiger partial charge in [0.15, 0.2) is 5.16 Å². The molecule has 4 rings (SSSR count). The number of rotatable bonds is 5. The van der Waals surface area contributed by atoms with Crippen LogP contribution in [0.1, 0.15) is 24.6 Å². The van der Waals surface area contributed by atoms with Gasteiger partial charge in [-0.1, -0.05) is 11.8 Å². The molecule has 2 heterocycles. The van der Waals surface area contributed by atoms with Crippen LogP contribution < -0.4 is 4.90 Å². The molecule has 0 N–H and O–H groups in total. The van der Waals surface area contributed by atoms with Crippen molar-refractivity contribution in [2.75, 3.05) is 36.8 Å². The Hall–Kier alpha value is -2.09. The van der Waals surface area contributed by atoms with Crippen molar-refractivity contribution in [1.82, 2.24) is 19.7 Å². The zero-order valence-electron chi connectivity index (χ0n) is 14.8. The van der Waals surface area contributed by atoms with Gasteiger partial charge in [-0.3, -0.25) is 4.79 Å². The van der Waals surface area contributed by atoms with Gasteiger partial charge in [-0.2, -0.15) is 0 Å². The van der Waals surface area contributed by atoms with Crippen molar-refractivity contribution < 1.29 is 9.18 Å². The molecule has 2 aromatic rings. The molecule has 0 bridgehead atoms. The van der Waals surface area contributed by atoms with Gasteiger partial charge in [0, 0.05) is 44.8 Å². The Morgan fingerprint density at radius 2 is 1.85 bits per heavy atom. The maximum absolute atomic E-state index is 13.0. The van der Waals surface area contributed by atoms with Crippen molar-refractivity contribution in [3.05, 3.63) is 35.9 Å². The molecule has 1 aliphatic heterocycles. The van der Waals surface area contributed by atoms with Gasteiger partial charge < -0.3 is 14.4 Å². The number of hydrogen-bond donors (Lipinski definition) is 0. The van der Waals surface area contributed by atoms with Crippen molar-refractivity contribution in [3.8, 4) is 0 Å². The Morgan fingerprint density at radius 3 is 2.50 bits per heavy atom. The van der Waals surface area contributed by atoms with Crippen LogP contribution in [0.25, 0.3) is 0 Å². The summed E-state index contributed by atoms with van der Waals surface area (Å²) in [5.41, 5.74) is 1.000. The number of thioether (sulfide) groups is 1. The largest absolute Gasteiger partial charge is 0.368 e. The average Bonchev–Trinajstić information content (AvgIpc) is 3.44. The number of nitrogens with zero attached hydrogens (tertiary/aromatic N) is 5. The third-order valence-electron chi connectivity index (χ3n) is 4.96. The second-order valence-corrected chi connectivity index (χ2v) is 7.75. The van der Waals surface area contributed by atoms with Crippen LogP contribution in [-0.4, -0.2) is 57.5 Å². The topological polar surface area (TPSA) is 54.3 Å². The fourth-order valence-electron chi connectivity index (χ4n) is 3.23. The van der Waals surface area contributed by atoms with Crippen molar-refractivity contribution >= 4 is 23.4 Å². The van der Waals surface area contributed by atoms with Crippen LogP contribution in [0.2, 0.25) is 0 Å². The fourth-order valence-corrected chi connectivity index (χ4v) is 4.05.